The molecule has 0 amide bonds. The van der Waals surface area contributed by atoms with Crippen molar-refractivity contribution in [1.29, 1.82) is 0 Å². The Kier molecular flexibility index (Phi) is 3.06. The first-order valence-corrected chi connectivity index (χ1v) is 5.82. The third-order valence-corrected chi connectivity index (χ3v) is 3.06. The Balaban J connectivity index is 2.39. The first-order valence-electron chi connectivity index (χ1n) is 5.44. The van der Waals surface area contributed by atoms with Gasteiger partial charge in [0.25, 0.3) is 0 Å². The molecule has 2 rings (SSSR count). The molecule has 0 bridgehead atoms. The van der Waals surface area contributed by atoms with Crippen molar-refractivity contribution < 1.29 is 4.42 Å². The Bertz CT molecular complexity index is 497. The maximum absolute atomic E-state index is 6.09. The van der Waals surface area contributed by atoms with Gasteiger partial charge in [0.15, 0.2) is 0 Å². The summed E-state index contributed by atoms with van der Waals surface area (Å²) < 4.78 is 5.77. The van der Waals surface area contributed by atoms with E-state index in [4.69, 9.17) is 16.0 Å². The maximum atomic E-state index is 6.09. The van der Waals surface area contributed by atoms with Crippen LogP contribution in [0.5, 0.6) is 0 Å². The summed E-state index contributed by atoms with van der Waals surface area (Å²) in [5.74, 6) is 2.30. The molecular weight excluding hydrogens is 220 g/mol. The molecule has 0 saturated carbocycles. The lowest BCUT2D eigenvalue weighted by molar-refractivity contribution is 0.498. The van der Waals surface area contributed by atoms with Crippen LogP contribution in [0.25, 0.3) is 11.3 Å². The van der Waals surface area contributed by atoms with E-state index in [9.17, 15) is 0 Å². The van der Waals surface area contributed by atoms with Crippen molar-refractivity contribution >= 4 is 11.6 Å². The van der Waals surface area contributed by atoms with E-state index in [1.54, 1.807) is 0 Å². The number of hydrogen-bond donors (Lipinski definition) is 0. The van der Waals surface area contributed by atoms with Gasteiger partial charge in [-0.15, -0.1) is 0 Å². The summed E-state index contributed by atoms with van der Waals surface area (Å²) in [6.45, 7) is 6.23. The first kappa shape index (κ1) is 11.3. The fourth-order valence-electron chi connectivity index (χ4n) is 1.56. The van der Waals surface area contributed by atoms with E-state index in [-0.39, 0.29) is 0 Å². The number of furan rings is 1. The Morgan fingerprint density at radius 1 is 1.12 bits per heavy atom. The molecule has 2 heteroatoms. The minimum Gasteiger partial charge on any atom is -0.461 e. The van der Waals surface area contributed by atoms with Crippen LogP contribution < -0.4 is 0 Å². The maximum Gasteiger partial charge on any atom is 0.134 e. The van der Waals surface area contributed by atoms with Crippen LogP contribution in [-0.2, 0) is 0 Å². The summed E-state index contributed by atoms with van der Waals surface area (Å²) in [7, 11) is 0. The zero-order valence-electron chi connectivity index (χ0n) is 9.75. The van der Waals surface area contributed by atoms with E-state index >= 15 is 0 Å². The Hall–Kier alpha value is -1.21. The van der Waals surface area contributed by atoms with Crippen molar-refractivity contribution in [3.8, 4) is 11.3 Å². The molecule has 0 spiro atoms. The lowest BCUT2D eigenvalue weighted by Crippen LogP contribution is -1.81. The first-order chi connectivity index (χ1) is 7.58. The van der Waals surface area contributed by atoms with E-state index in [2.05, 4.69) is 13.8 Å². The molecule has 0 unspecified atom stereocenters. The van der Waals surface area contributed by atoms with Crippen LogP contribution in [0.1, 0.15) is 31.1 Å². The summed E-state index contributed by atoms with van der Waals surface area (Å²) in [6, 6.07) is 10.0. The summed E-state index contributed by atoms with van der Waals surface area (Å²) in [6.07, 6.45) is 0. The molecule has 1 heterocycles. The van der Waals surface area contributed by atoms with Crippen LogP contribution in [0.4, 0.5) is 0 Å². The molecule has 1 aromatic heterocycles. The average Bonchev–Trinajstić information content (AvgIpc) is 2.71. The van der Waals surface area contributed by atoms with Gasteiger partial charge in [0.2, 0.25) is 0 Å². The van der Waals surface area contributed by atoms with Crippen LogP contribution in [0.2, 0.25) is 5.02 Å². The van der Waals surface area contributed by atoms with E-state index in [1.807, 2.05) is 37.3 Å². The lowest BCUT2D eigenvalue weighted by atomic mass is 10.1. The number of benzene rings is 1. The average molecular weight is 235 g/mol. The predicted molar refractivity (Wildman–Crippen MR) is 68.0 cm³/mol. The largest absolute Gasteiger partial charge is 0.461 e. The molecule has 1 nitrogen and oxygen atoms in total. The molecule has 0 radical (unpaired) electrons. The van der Waals surface area contributed by atoms with Gasteiger partial charge in [-0.1, -0.05) is 37.6 Å². The molecule has 0 N–H and O–H groups in total. The molecule has 0 aliphatic carbocycles. The van der Waals surface area contributed by atoms with Gasteiger partial charge in [-0.25, -0.2) is 0 Å². The van der Waals surface area contributed by atoms with Crippen molar-refractivity contribution in [1.82, 2.24) is 0 Å². The molecule has 0 aliphatic heterocycles. The van der Waals surface area contributed by atoms with Crippen molar-refractivity contribution in [2.45, 2.75) is 26.7 Å². The van der Waals surface area contributed by atoms with Crippen LogP contribution >= 0.6 is 11.6 Å². The topological polar surface area (TPSA) is 13.1 Å². The zero-order chi connectivity index (χ0) is 11.7. The molecule has 0 fully saturated rings. The van der Waals surface area contributed by atoms with Gasteiger partial charge in [0.1, 0.15) is 11.5 Å². The van der Waals surface area contributed by atoms with Crippen molar-refractivity contribution in [2.75, 3.05) is 0 Å². The summed E-state index contributed by atoms with van der Waals surface area (Å²) in [4.78, 5) is 0. The highest BCUT2D eigenvalue weighted by Crippen LogP contribution is 2.28. The van der Waals surface area contributed by atoms with Gasteiger partial charge in [0.05, 0.1) is 0 Å². The molecule has 84 valence electrons. The minimum atomic E-state index is 0.412. The van der Waals surface area contributed by atoms with E-state index in [0.29, 0.717) is 5.92 Å². The highest BCUT2D eigenvalue weighted by molar-refractivity contribution is 6.31. The van der Waals surface area contributed by atoms with Crippen LogP contribution in [0.15, 0.2) is 34.7 Å². The third-order valence-electron chi connectivity index (χ3n) is 2.65. The van der Waals surface area contributed by atoms with Crippen LogP contribution in [0, 0.1) is 6.92 Å². The normalized spacial score (nSPS) is 11.1. The van der Waals surface area contributed by atoms with Crippen molar-refractivity contribution in [2.24, 2.45) is 0 Å². The smallest absolute Gasteiger partial charge is 0.134 e. The standard InChI is InChI=1S/C14H15ClO/c1-9(2)13-6-7-14(16-13)11-5-4-10(3)12(15)8-11/h4-9H,1-3H3. The van der Waals surface area contributed by atoms with E-state index in [0.717, 1.165) is 27.7 Å². The van der Waals surface area contributed by atoms with Crippen molar-refractivity contribution in [3.05, 3.63) is 46.7 Å². The molecule has 1 aromatic carbocycles. The SMILES string of the molecule is Cc1ccc(-c2ccc(C(C)C)o2)cc1Cl. The highest BCUT2D eigenvalue weighted by atomic mass is 35.5. The quantitative estimate of drug-likeness (QED) is 0.710. The fourth-order valence-corrected chi connectivity index (χ4v) is 1.74. The zero-order valence-corrected chi connectivity index (χ0v) is 10.5. The minimum absolute atomic E-state index is 0.412. The molecular formula is C14H15ClO. The molecule has 2 aromatic rings. The monoisotopic (exact) mass is 234 g/mol. The lowest BCUT2D eigenvalue weighted by Gasteiger charge is -2.02. The molecule has 0 saturated heterocycles. The Labute approximate surface area is 101 Å². The van der Waals surface area contributed by atoms with Crippen molar-refractivity contribution in [3.63, 3.8) is 0 Å². The van der Waals surface area contributed by atoms with E-state index < -0.39 is 0 Å². The van der Waals surface area contributed by atoms with Gasteiger partial charge in [-0.05, 0) is 30.7 Å². The fraction of sp³-hybridized carbons (Fsp3) is 0.286. The second-order valence-corrected chi connectivity index (χ2v) is 4.73. The highest BCUT2D eigenvalue weighted by Gasteiger charge is 2.08. The van der Waals surface area contributed by atoms with Gasteiger partial charge in [0, 0.05) is 16.5 Å². The Morgan fingerprint density at radius 3 is 2.44 bits per heavy atom. The third kappa shape index (κ3) is 2.14. The summed E-state index contributed by atoms with van der Waals surface area (Å²) in [5, 5.41) is 0.778. The Morgan fingerprint density at radius 2 is 1.88 bits per heavy atom. The summed E-state index contributed by atoms with van der Waals surface area (Å²) >= 11 is 6.09. The van der Waals surface area contributed by atoms with Gasteiger partial charge in [-0.2, -0.15) is 0 Å². The predicted octanol–water partition coefficient (Wildman–Crippen LogP) is 5.03. The summed E-state index contributed by atoms with van der Waals surface area (Å²) in [5.41, 5.74) is 2.11. The number of rotatable bonds is 2. The second-order valence-electron chi connectivity index (χ2n) is 4.32. The van der Waals surface area contributed by atoms with Gasteiger partial charge >= 0.3 is 0 Å². The van der Waals surface area contributed by atoms with E-state index in [1.165, 1.54) is 0 Å². The molecule has 0 aliphatic rings. The van der Waals surface area contributed by atoms with Crippen LogP contribution in [0.3, 0.4) is 0 Å². The number of halogens is 1. The number of aryl methyl sites for hydroxylation is 1. The number of hydrogen-bond acceptors (Lipinski definition) is 1. The van der Waals surface area contributed by atoms with Crippen LogP contribution in [-0.4, -0.2) is 0 Å². The molecule has 16 heavy (non-hydrogen) atoms. The van der Waals surface area contributed by atoms with Gasteiger partial charge < -0.3 is 4.42 Å². The van der Waals surface area contributed by atoms with Gasteiger partial charge in [-0.3, -0.25) is 0 Å². The molecule has 0 atom stereocenters. The second kappa shape index (κ2) is 4.34.